The van der Waals surface area contributed by atoms with Gasteiger partial charge in [0.25, 0.3) is 5.91 Å². The number of anilines is 1. The maximum atomic E-state index is 13.4. The molecule has 2 aromatic carbocycles. The zero-order valence-corrected chi connectivity index (χ0v) is 18.7. The lowest BCUT2D eigenvalue weighted by Crippen LogP contribution is -2.31. The number of amides is 1. The van der Waals surface area contributed by atoms with Gasteiger partial charge >= 0.3 is 6.18 Å². The average molecular weight is 469 g/mol. The highest BCUT2D eigenvalue weighted by molar-refractivity contribution is 7.92. The maximum Gasteiger partial charge on any atom is 0.418 e. The molecule has 0 heterocycles. The minimum Gasteiger partial charge on any atom is -0.352 e. The second-order valence-corrected chi connectivity index (χ2v) is 10.1. The Labute approximate surface area is 186 Å². The summed E-state index contributed by atoms with van der Waals surface area (Å²) in [6.07, 6.45) is 2.00. The summed E-state index contributed by atoms with van der Waals surface area (Å²) >= 11 is 0. The van der Waals surface area contributed by atoms with Crippen molar-refractivity contribution in [3.8, 4) is 0 Å². The summed E-state index contributed by atoms with van der Waals surface area (Å²) in [6.45, 7) is 0.340. The Kier molecular flexibility index (Phi) is 7.48. The molecule has 9 heteroatoms. The van der Waals surface area contributed by atoms with Gasteiger partial charge in [0.05, 0.1) is 24.1 Å². The first-order chi connectivity index (χ1) is 15.1. The van der Waals surface area contributed by atoms with Gasteiger partial charge in [0.15, 0.2) is 0 Å². The number of halogens is 3. The van der Waals surface area contributed by atoms with Crippen LogP contribution in [-0.2, 0) is 22.7 Å². The summed E-state index contributed by atoms with van der Waals surface area (Å²) in [7, 11) is -3.99. The van der Waals surface area contributed by atoms with Gasteiger partial charge in [0, 0.05) is 12.1 Å². The van der Waals surface area contributed by atoms with Gasteiger partial charge in [-0.3, -0.25) is 9.10 Å². The number of sulfonamides is 1. The molecule has 3 rings (SSSR count). The van der Waals surface area contributed by atoms with Crippen LogP contribution in [0.3, 0.4) is 0 Å². The van der Waals surface area contributed by atoms with Crippen molar-refractivity contribution in [3.05, 3.63) is 65.2 Å². The van der Waals surface area contributed by atoms with Crippen LogP contribution in [0.2, 0.25) is 0 Å². The Morgan fingerprint density at radius 3 is 2.25 bits per heavy atom. The number of hydrogen-bond acceptors (Lipinski definition) is 3. The molecule has 1 N–H and O–H groups in total. The quantitative estimate of drug-likeness (QED) is 0.623. The second kappa shape index (κ2) is 9.94. The van der Waals surface area contributed by atoms with Crippen molar-refractivity contribution in [2.45, 2.75) is 44.8 Å². The molecule has 0 aliphatic heterocycles. The van der Waals surface area contributed by atoms with E-state index in [2.05, 4.69) is 5.32 Å². The molecule has 0 atom stereocenters. The van der Waals surface area contributed by atoms with Crippen LogP contribution in [0.4, 0.5) is 18.9 Å². The highest BCUT2D eigenvalue weighted by atomic mass is 32.2. The van der Waals surface area contributed by atoms with Gasteiger partial charge in [0.1, 0.15) is 0 Å². The van der Waals surface area contributed by atoms with Gasteiger partial charge < -0.3 is 5.32 Å². The third kappa shape index (κ3) is 6.25. The minimum atomic E-state index is -4.69. The monoisotopic (exact) mass is 468 g/mol. The van der Waals surface area contributed by atoms with Crippen LogP contribution >= 0.6 is 0 Å². The van der Waals surface area contributed by atoms with Crippen LogP contribution in [0.1, 0.15) is 53.6 Å². The van der Waals surface area contributed by atoms with Gasteiger partial charge in [-0.15, -0.1) is 0 Å². The first kappa shape index (κ1) is 24.1. The molecule has 1 fully saturated rings. The van der Waals surface area contributed by atoms with E-state index in [4.69, 9.17) is 0 Å². The molecule has 0 radical (unpaired) electrons. The lowest BCUT2D eigenvalue weighted by atomic mass is 9.89. The van der Waals surface area contributed by atoms with E-state index in [-0.39, 0.29) is 12.5 Å². The first-order valence-electron chi connectivity index (χ1n) is 10.6. The van der Waals surface area contributed by atoms with E-state index >= 15 is 0 Å². The van der Waals surface area contributed by atoms with Crippen molar-refractivity contribution < 1.29 is 26.4 Å². The van der Waals surface area contributed by atoms with Gasteiger partial charge in [0.2, 0.25) is 10.0 Å². The van der Waals surface area contributed by atoms with Crippen LogP contribution in [0.15, 0.2) is 48.5 Å². The summed E-state index contributed by atoms with van der Waals surface area (Å²) in [4.78, 5) is 12.4. The number of rotatable bonds is 7. The Balaban J connectivity index is 1.74. The summed E-state index contributed by atoms with van der Waals surface area (Å²) in [5.41, 5.74) is -0.566. The molecular weight excluding hydrogens is 441 g/mol. The molecule has 0 unspecified atom stereocenters. The van der Waals surface area contributed by atoms with Crippen LogP contribution in [-0.4, -0.2) is 27.1 Å². The number of para-hydroxylation sites is 1. The van der Waals surface area contributed by atoms with Crippen LogP contribution in [0.5, 0.6) is 0 Å². The number of alkyl halides is 3. The van der Waals surface area contributed by atoms with E-state index in [0.717, 1.165) is 35.5 Å². The van der Waals surface area contributed by atoms with E-state index in [1.54, 1.807) is 24.3 Å². The van der Waals surface area contributed by atoms with Crippen molar-refractivity contribution in [2.75, 3.05) is 17.1 Å². The molecule has 0 bridgehead atoms. The van der Waals surface area contributed by atoms with Crippen LogP contribution in [0.25, 0.3) is 0 Å². The highest BCUT2D eigenvalue weighted by Gasteiger charge is 2.36. The number of carbonyl (C=O) groups is 1. The van der Waals surface area contributed by atoms with Crippen LogP contribution in [0, 0.1) is 5.92 Å². The van der Waals surface area contributed by atoms with Gasteiger partial charge in [-0.05, 0) is 48.6 Å². The Hall–Kier alpha value is -2.55. The van der Waals surface area contributed by atoms with Crippen molar-refractivity contribution in [1.29, 1.82) is 0 Å². The smallest absolute Gasteiger partial charge is 0.352 e. The summed E-state index contributed by atoms with van der Waals surface area (Å²) < 4.78 is 65.6. The molecular formula is C23H27F3N2O3S. The van der Waals surface area contributed by atoms with E-state index in [1.807, 2.05) is 0 Å². The highest BCUT2D eigenvalue weighted by Crippen LogP contribution is 2.37. The third-order valence-corrected chi connectivity index (χ3v) is 6.82. The molecule has 2 aromatic rings. The molecule has 32 heavy (non-hydrogen) atoms. The zero-order valence-electron chi connectivity index (χ0n) is 17.9. The molecule has 0 aromatic heterocycles. The summed E-state index contributed by atoms with van der Waals surface area (Å²) in [5.74, 6) is 0.272. The van der Waals surface area contributed by atoms with Gasteiger partial charge in [-0.2, -0.15) is 13.2 Å². The van der Waals surface area contributed by atoms with Crippen molar-refractivity contribution >= 4 is 21.6 Å². The van der Waals surface area contributed by atoms with E-state index in [0.29, 0.717) is 23.6 Å². The number of benzene rings is 2. The molecule has 0 spiro atoms. The van der Waals surface area contributed by atoms with Gasteiger partial charge in [-0.25, -0.2) is 8.42 Å². The fraction of sp³-hybridized carbons (Fsp3) is 0.435. The molecule has 174 valence electrons. The Morgan fingerprint density at radius 2 is 1.66 bits per heavy atom. The Bertz CT molecular complexity index is 1030. The van der Waals surface area contributed by atoms with Crippen molar-refractivity contribution in [2.24, 2.45) is 5.92 Å². The fourth-order valence-electron chi connectivity index (χ4n) is 3.97. The predicted octanol–water partition coefficient (Wildman–Crippen LogP) is 4.98. The summed E-state index contributed by atoms with van der Waals surface area (Å²) in [6, 6.07) is 10.8. The fourth-order valence-corrected chi connectivity index (χ4v) is 4.87. The average Bonchev–Trinajstić information content (AvgIpc) is 2.75. The topological polar surface area (TPSA) is 66.5 Å². The Morgan fingerprint density at radius 1 is 1.03 bits per heavy atom. The molecule has 1 saturated carbocycles. The van der Waals surface area contributed by atoms with Crippen molar-refractivity contribution in [1.82, 2.24) is 5.32 Å². The standard InChI is InChI=1S/C23H27F3N2O3S/c1-32(30,31)28(21-10-6-5-9-20(21)23(24,25)26)16-18-11-13-19(14-12-18)22(29)27-15-17-7-3-2-4-8-17/h5-6,9-14,17H,2-4,7-8,15-16H2,1H3,(H,27,29). The predicted molar refractivity (Wildman–Crippen MR) is 118 cm³/mol. The summed E-state index contributed by atoms with van der Waals surface area (Å²) in [5, 5.41) is 2.93. The number of nitrogens with one attached hydrogen (secondary N) is 1. The SMILES string of the molecule is CS(=O)(=O)N(Cc1ccc(C(=O)NCC2CCCCC2)cc1)c1ccccc1C(F)(F)F. The van der Waals surface area contributed by atoms with E-state index < -0.39 is 27.5 Å². The number of carbonyl (C=O) groups excluding carboxylic acids is 1. The minimum absolute atomic E-state index is 0.218. The molecule has 1 aliphatic rings. The molecule has 1 aliphatic carbocycles. The molecule has 1 amide bonds. The zero-order chi connectivity index (χ0) is 23.4. The van der Waals surface area contributed by atoms with E-state index in [9.17, 15) is 26.4 Å². The van der Waals surface area contributed by atoms with Gasteiger partial charge in [-0.1, -0.05) is 43.5 Å². The van der Waals surface area contributed by atoms with E-state index in [1.165, 1.54) is 31.4 Å². The lowest BCUT2D eigenvalue weighted by Gasteiger charge is -2.26. The number of hydrogen-bond donors (Lipinski definition) is 1. The maximum absolute atomic E-state index is 13.4. The lowest BCUT2D eigenvalue weighted by molar-refractivity contribution is -0.137. The third-order valence-electron chi connectivity index (χ3n) is 5.70. The second-order valence-electron chi connectivity index (χ2n) is 8.20. The normalized spacial score (nSPS) is 15.4. The van der Waals surface area contributed by atoms with Crippen LogP contribution < -0.4 is 9.62 Å². The number of nitrogens with zero attached hydrogens (tertiary/aromatic N) is 1. The molecule has 0 saturated heterocycles. The van der Waals surface area contributed by atoms with Crippen molar-refractivity contribution in [3.63, 3.8) is 0 Å². The molecule has 5 nitrogen and oxygen atoms in total. The largest absolute Gasteiger partial charge is 0.418 e. The first-order valence-corrected chi connectivity index (χ1v) is 12.4.